The number of carboxylic acids is 1. The Bertz CT molecular complexity index is 417. The van der Waals surface area contributed by atoms with Gasteiger partial charge in [-0.25, -0.2) is 9.37 Å². The molecule has 2 aromatic rings. The van der Waals surface area contributed by atoms with E-state index in [0.29, 0.717) is 5.01 Å². The highest BCUT2D eigenvalue weighted by molar-refractivity contribution is 7.09. The van der Waals surface area contributed by atoms with Gasteiger partial charge in [0.1, 0.15) is 10.8 Å². The van der Waals surface area contributed by atoms with Crippen LogP contribution < -0.4 is 0 Å². The highest BCUT2D eigenvalue weighted by Crippen LogP contribution is 2.03. The van der Waals surface area contributed by atoms with Crippen molar-refractivity contribution in [1.29, 1.82) is 0 Å². The van der Waals surface area contributed by atoms with Crippen LogP contribution in [0.3, 0.4) is 0 Å². The monoisotopic (exact) mass is 239 g/mol. The van der Waals surface area contributed by atoms with Crippen molar-refractivity contribution in [2.24, 2.45) is 0 Å². The predicted molar refractivity (Wildman–Crippen MR) is 59.9 cm³/mol. The molecule has 2 rings (SSSR count). The molecule has 1 heterocycles. The lowest BCUT2D eigenvalue weighted by Gasteiger charge is -1.83. The molecule has 0 atom stereocenters. The Morgan fingerprint density at radius 1 is 1.38 bits per heavy atom. The van der Waals surface area contributed by atoms with Crippen molar-refractivity contribution in [3.05, 3.63) is 52.7 Å². The number of hydrogen-bond donors (Lipinski definition) is 1. The van der Waals surface area contributed by atoms with Crippen LogP contribution in [-0.4, -0.2) is 16.1 Å². The summed E-state index contributed by atoms with van der Waals surface area (Å²) in [5.41, 5.74) is 0. The van der Waals surface area contributed by atoms with Crippen LogP contribution in [0, 0.1) is 5.82 Å². The van der Waals surface area contributed by atoms with E-state index in [1.54, 1.807) is 29.8 Å². The molecule has 84 valence electrons. The summed E-state index contributed by atoms with van der Waals surface area (Å²) in [6.45, 7) is 0. The maximum Gasteiger partial charge on any atom is 0.310 e. The minimum atomic E-state index is -0.829. The van der Waals surface area contributed by atoms with Crippen LogP contribution in [0.2, 0.25) is 0 Å². The van der Waals surface area contributed by atoms with E-state index < -0.39 is 5.97 Å². The number of benzene rings is 1. The van der Waals surface area contributed by atoms with Gasteiger partial charge in [0.05, 0.1) is 6.42 Å². The lowest BCUT2D eigenvalue weighted by molar-refractivity contribution is -0.136. The van der Waals surface area contributed by atoms with Gasteiger partial charge >= 0.3 is 5.97 Å². The molecule has 0 aliphatic carbocycles. The van der Waals surface area contributed by atoms with Gasteiger partial charge in [-0.3, -0.25) is 4.79 Å². The van der Waals surface area contributed by atoms with Gasteiger partial charge in [0.2, 0.25) is 0 Å². The maximum atomic E-state index is 11.9. The van der Waals surface area contributed by atoms with Gasteiger partial charge in [-0.05, 0) is 12.1 Å². The molecule has 0 aliphatic rings. The smallest absolute Gasteiger partial charge is 0.310 e. The number of thiazole rings is 1. The quantitative estimate of drug-likeness (QED) is 0.876. The molecule has 0 radical (unpaired) electrons. The Hall–Kier alpha value is -1.75. The maximum absolute atomic E-state index is 11.9. The Kier molecular flexibility index (Phi) is 5.15. The summed E-state index contributed by atoms with van der Waals surface area (Å²) in [7, 11) is 0. The molecule has 0 amide bonds. The standard InChI is InChI=1S/C6H5F.C5H5NO2S/c7-6-4-2-1-3-5-6;7-5(8)3-4-6-1-2-9-4/h1-5H;1-2H,3H2,(H,7,8). The number of carbonyl (C=O) groups is 1. The third-order valence-electron chi connectivity index (χ3n) is 1.52. The van der Waals surface area contributed by atoms with E-state index in [2.05, 4.69) is 4.98 Å². The molecule has 0 saturated carbocycles. The van der Waals surface area contributed by atoms with Crippen LogP contribution in [0.4, 0.5) is 4.39 Å². The third-order valence-corrected chi connectivity index (χ3v) is 2.30. The molecule has 0 spiro atoms. The minimum Gasteiger partial charge on any atom is -0.481 e. The highest BCUT2D eigenvalue weighted by Gasteiger charge is 2.00. The second kappa shape index (κ2) is 6.68. The zero-order valence-corrected chi connectivity index (χ0v) is 9.15. The average molecular weight is 239 g/mol. The van der Waals surface area contributed by atoms with E-state index in [0.717, 1.165) is 0 Å². The van der Waals surface area contributed by atoms with Crippen LogP contribution in [0.15, 0.2) is 41.9 Å². The van der Waals surface area contributed by atoms with E-state index in [4.69, 9.17) is 5.11 Å². The molecular weight excluding hydrogens is 229 g/mol. The fourth-order valence-corrected chi connectivity index (χ4v) is 1.49. The van der Waals surface area contributed by atoms with Gasteiger partial charge in [0.25, 0.3) is 0 Å². The van der Waals surface area contributed by atoms with Crippen molar-refractivity contribution in [3.63, 3.8) is 0 Å². The van der Waals surface area contributed by atoms with E-state index in [-0.39, 0.29) is 12.2 Å². The van der Waals surface area contributed by atoms with Crippen molar-refractivity contribution >= 4 is 17.3 Å². The van der Waals surface area contributed by atoms with Gasteiger partial charge < -0.3 is 5.11 Å². The second-order valence-corrected chi connectivity index (χ2v) is 3.77. The summed E-state index contributed by atoms with van der Waals surface area (Å²) in [5.74, 6) is -1.01. The van der Waals surface area contributed by atoms with Gasteiger partial charge in [-0.15, -0.1) is 11.3 Å². The first-order valence-electron chi connectivity index (χ1n) is 4.49. The molecular formula is C11H10FNO2S. The van der Waals surface area contributed by atoms with E-state index >= 15 is 0 Å². The molecule has 0 saturated heterocycles. The predicted octanol–water partition coefficient (Wildman–Crippen LogP) is 2.60. The number of halogens is 1. The Labute approximate surface area is 96.2 Å². The van der Waals surface area contributed by atoms with E-state index in [1.807, 2.05) is 0 Å². The van der Waals surface area contributed by atoms with E-state index in [1.165, 1.54) is 23.5 Å². The zero-order chi connectivity index (χ0) is 11.8. The molecule has 0 unspecified atom stereocenters. The molecule has 1 N–H and O–H groups in total. The van der Waals surface area contributed by atoms with Crippen LogP contribution in [0.5, 0.6) is 0 Å². The average Bonchev–Trinajstić information content (AvgIpc) is 2.71. The van der Waals surface area contributed by atoms with Crippen LogP contribution in [0.25, 0.3) is 0 Å². The fraction of sp³-hybridized carbons (Fsp3) is 0.0909. The van der Waals surface area contributed by atoms with Gasteiger partial charge in [-0.1, -0.05) is 18.2 Å². The first-order valence-corrected chi connectivity index (χ1v) is 5.37. The first-order chi connectivity index (χ1) is 7.68. The Morgan fingerprint density at radius 2 is 2.06 bits per heavy atom. The number of aliphatic carboxylic acids is 1. The number of hydrogen-bond acceptors (Lipinski definition) is 3. The topological polar surface area (TPSA) is 50.2 Å². The normalized spacial score (nSPS) is 9.06. The fourth-order valence-electron chi connectivity index (χ4n) is 0.884. The summed E-state index contributed by atoms with van der Waals surface area (Å²) < 4.78 is 11.9. The zero-order valence-electron chi connectivity index (χ0n) is 8.34. The molecule has 0 aliphatic heterocycles. The third kappa shape index (κ3) is 5.21. The van der Waals surface area contributed by atoms with Crippen LogP contribution in [-0.2, 0) is 11.2 Å². The van der Waals surface area contributed by atoms with Crippen molar-refractivity contribution in [3.8, 4) is 0 Å². The number of rotatable bonds is 2. The van der Waals surface area contributed by atoms with E-state index in [9.17, 15) is 9.18 Å². The molecule has 3 nitrogen and oxygen atoms in total. The molecule has 0 bridgehead atoms. The van der Waals surface area contributed by atoms with Crippen molar-refractivity contribution < 1.29 is 14.3 Å². The molecule has 5 heteroatoms. The second-order valence-electron chi connectivity index (χ2n) is 2.79. The summed E-state index contributed by atoms with van der Waals surface area (Å²) >= 11 is 1.36. The molecule has 1 aromatic carbocycles. The van der Waals surface area contributed by atoms with Crippen LogP contribution in [0.1, 0.15) is 5.01 Å². The molecule has 16 heavy (non-hydrogen) atoms. The number of aromatic nitrogens is 1. The lowest BCUT2D eigenvalue weighted by Crippen LogP contribution is -1.98. The number of carboxylic acid groups (broad SMARTS) is 1. The lowest BCUT2D eigenvalue weighted by atomic mass is 10.4. The van der Waals surface area contributed by atoms with Crippen molar-refractivity contribution in [1.82, 2.24) is 4.98 Å². The highest BCUT2D eigenvalue weighted by atomic mass is 32.1. The summed E-state index contributed by atoms with van der Waals surface area (Å²) in [6.07, 6.45) is 1.64. The summed E-state index contributed by atoms with van der Waals surface area (Å²) in [4.78, 5) is 13.8. The SMILES string of the molecule is Fc1ccccc1.O=C(O)Cc1nccs1. The Balaban J connectivity index is 0.000000165. The summed E-state index contributed by atoms with van der Waals surface area (Å²) in [5, 5.41) is 10.7. The molecule has 1 aromatic heterocycles. The van der Waals surface area contributed by atoms with Crippen molar-refractivity contribution in [2.75, 3.05) is 0 Å². The van der Waals surface area contributed by atoms with Crippen molar-refractivity contribution in [2.45, 2.75) is 6.42 Å². The van der Waals surface area contributed by atoms with Gasteiger partial charge in [0, 0.05) is 11.6 Å². The first kappa shape index (κ1) is 12.3. The molecule has 0 fully saturated rings. The number of nitrogens with zero attached hydrogens (tertiary/aromatic N) is 1. The summed E-state index contributed by atoms with van der Waals surface area (Å²) in [6, 6.07) is 7.94. The van der Waals surface area contributed by atoms with Gasteiger partial charge in [0.15, 0.2) is 0 Å². The largest absolute Gasteiger partial charge is 0.481 e. The van der Waals surface area contributed by atoms with Crippen LogP contribution >= 0.6 is 11.3 Å². The van der Waals surface area contributed by atoms with Gasteiger partial charge in [-0.2, -0.15) is 0 Å². The Morgan fingerprint density at radius 3 is 2.44 bits per heavy atom. The minimum absolute atomic E-state index is 0.0394.